The number of ether oxygens (including phenoxy) is 2. The van der Waals surface area contributed by atoms with Crippen LogP contribution in [-0.2, 0) is 9.59 Å². The SMILES string of the molecule is CC(=O)Oc1ccc(C(c2ccc(OC(C)=O)cc2)c2ccc3ccccc3c2[As])cc1. The van der Waals surface area contributed by atoms with Gasteiger partial charge < -0.3 is 0 Å². The second-order valence-electron chi connectivity index (χ2n) is 7.48. The van der Waals surface area contributed by atoms with E-state index >= 15 is 0 Å². The number of esters is 2. The molecule has 4 aromatic carbocycles. The monoisotopic (exact) mass is 484 g/mol. The van der Waals surface area contributed by atoms with Gasteiger partial charge in [0.2, 0.25) is 0 Å². The Hall–Kier alpha value is -3.36. The average Bonchev–Trinajstić information content (AvgIpc) is 2.77. The fraction of sp³-hybridized carbons (Fsp3) is 0.111. The maximum absolute atomic E-state index is 11.3. The Bertz CT molecular complexity index is 1220. The third kappa shape index (κ3) is 4.76. The predicted octanol–water partition coefficient (Wildman–Crippen LogP) is 4.66. The predicted molar refractivity (Wildman–Crippen MR) is 126 cm³/mol. The minimum absolute atomic E-state index is 0.0597. The number of carbonyl (C=O) groups is 2. The molecule has 0 aromatic heterocycles. The molecule has 0 heterocycles. The van der Waals surface area contributed by atoms with E-state index in [1.54, 1.807) is 0 Å². The molecule has 4 nitrogen and oxygen atoms in total. The minimum atomic E-state index is -0.349. The van der Waals surface area contributed by atoms with E-state index in [1.165, 1.54) is 24.6 Å². The summed E-state index contributed by atoms with van der Waals surface area (Å²) in [5.41, 5.74) is 3.27. The Morgan fingerprint density at radius 2 is 1.19 bits per heavy atom. The van der Waals surface area contributed by atoms with Gasteiger partial charge in [-0.2, -0.15) is 0 Å². The van der Waals surface area contributed by atoms with Crippen molar-refractivity contribution in [3.05, 3.63) is 102 Å². The topological polar surface area (TPSA) is 52.6 Å². The molecule has 4 aromatic rings. The summed E-state index contributed by atoms with van der Waals surface area (Å²) in [7, 11) is 0. The summed E-state index contributed by atoms with van der Waals surface area (Å²) in [6.45, 7) is 2.77. The van der Waals surface area contributed by atoms with Crippen LogP contribution in [-0.4, -0.2) is 28.8 Å². The van der Waals surface area contributed by atoms with Gasteiger partial charge in [-0.25, -0.2) is 0 Å². The van der Waals surface area contributed by atoms with Gasteiger partial charge in [0.1, 0.15) is 0 Å². The quantitative estimate of drug-likeness (QED) is 0.179. The fourth-order valence-electron chi connectivity index (χ4n) is 3.85. The normalized spacial score (nSPS) is 10.9. The summed E-state index contributed by atoms with van der Waals surface area (Å²) < 4.78 is 11.6. The summed E-state index contributed by atoms with van der Waals surface area (Å²) >= 11 is 2.71. The molecule has 0 bridgehead atoms. The maximum atomic E-state index is 11.3. The van der Waals surface area contributed by atoms with Gasteiger partial charge in [-0.1, -0.05) is 0 Å². The van der Waals surface area contributed by atoms with Crippen molar-refractivity contribution < 1.29 is 19.1 Å². The van der Waals surface area contributed by atoms with Crippen LogP contribution in [0.5, 0.6) is 11.5 Å². The van der Waals surface area contributed by atoms with Crippen LogP contribution in [0.2, 0.25) is 0 Å². The van der Waals surface area contributed by atoms with Crippen molar-refractivity contribution >= 4 is 43.9 Å². The second kappa shape index (κ2) is 9.42. The van der Waals surface area contributed by atoms with E-state index < -0.39 is 0 Å². The first kappa shape index (κ1) is 21.9. The zero-order valence-corrected chi connectivity index (χ0v) is 19.6. The van der Waals surface area contributed by atoms with Crippen molar-refractivity contribution in [3.8, 4) is 11.5 Å². The number of hydrogen-bond donors (Lipinski definition) is 0. The summed E-state index contributed by atoms with van der Waals surface area (Å²) in [5.74, 6) is 0.263. The van der Waals surface area contributed by atoms with Crippen molar-refractivity contribution in [1.82, 2.24) is 0 Å². The molecule has 0 amide bonds. The van der Waals surface area contributed by atoms with Crippen molar-refractivity contribution in [2.75, 3.05) is 0 Å². The molecular formula is C27H21AsO4. The van der Waals surface area contributed by atoms with E-state index in [1.807, 2.05) is 60.7 Å². The molecule has 0 aliphatic carbocycles. The van der Waals surface area contributed by atoms with Crippen LogP contribution < -0.4 is 13.8 Å². The molecule has 0 atom stereocenters. The van der Waals surface area contributed by atoms with Gasteiger partial charge in [0.05, 0.1) is 0 Å². The molecule has 158 valence electrons. The summed E-state index contributed by atoms with van der Waals surface area (Å²) in [6.07, 6.45) is 0. The molecule has 0 saturated carbocycles. The molecular weight excluding hydrogens is 463 g/mol. The molecule has 2 radical (unpaired) electrons. The Balaban J connectivity index is 1.82. The summed E-state index contributed by atoms with van der Waals surface area (Å²) in [4.78, 5) is 22.6. The molecule has 0 N–H and O–H groups in total. The van der Waals surface area contributed by atoms with E-state index in [4.69, 9.17) is 9.47 Å². The molecule has 4 rings (SSSR count). The van der Waals surface area contributed by atoms with Crippen LogP contribution in [0.15, 0.2) is 84.9 Å². The molecule has 0 aliphatic heterocycles. The zero-order valence-electron chi connectivity index (χ0n) is 17.7. The van der Waals surface area contributed by atoms with Crippen molar-refractivity contribution in [2.24, 2.45) is 0 Å². The zero-order chi connectivity index (χ0) is 22.7. The first-order valence-electron chi connectivity index (χ1n) is 10.2. The molecule has 0 saturated heterocycles. The van der Waals surface area contributed by atoms with E-state index in [9.17, 15) is 9.59 Å². The molecule has 0 unspecified atom stereocenters. The van der Waals surface area contributed by atoms with Crippen LogP contribution in [0.4, 0.5) is 0 Å². The van der Waals surface area contributed by atoms with Gasteiger partial charge in [0.15, 0.2) is 0 Å². The molecule has 5 heteroatoms. The van der Waals surface area contributed by atoms with Crippen LogP contribution in [0.1, 0.15) is 36.5 Å². The molecule has 32 heavy (non-hydrogen) atoms. The molecule has 0 aliphatic rings. The molecule has 0 spiro atoms. The van der Waals surface area contributed by atoms with E-state index in [0.717, 1.165) is 21.0 Å². The van der Waals surface area contributed by atoms with E-state index in [2.05, 4.69) is 41.1 Å². The van der Waals surface area contributed by atoms with Crippen LogP contribution >= 0.6 is 0 Å². The third-order valence-electron chi connectivity index (χ3n) is 5.19. The number of hydrogen-bond acceptors (Lipinski definition) is 4. The van der Waals surface area contributed by atoms with Crippen molar-refractivity contribution in [2.45, 2.75) is 19.8 Å². The van der Waals surface area contributed by atoms with Gasteiger partial charge in [0, 0.05) is 0 Å². The van der Waals surface area contributed by atoms with Crippen molar-refractivity contribution in [1.29, 1.82) is 0 Å². The van der Waals surface area contributed by atoms with Crippen LogP contribution in [0.3, 0.4) is 0 Å². The van der Waals surface area contributed by atoms with E-state index in [0.29, 0.717) is 11.5 Å². The number of benzene rings is 4. The van der Waals surface area contributed by atoms with Crippen molar-refractivity contribution in [3.63, 3.8) is 0 Å². The third-order valence-corrected chi connectivity index (χ3v) is 6.24. The van der Waals surface area contributed by atoms with Gasteiger partial charge in [-0.05, 0) is 0 Å². The van der Waals surface area contributed by atoms with Gasteiger partial charge in [-0.3, -0.25) is 0 Å². The Morgan fingerprint density at radius 1 is 0.688 bits per heavy atom. The number of carbonyl (C=O) groups excluding carboxylic acids is 2. The first-order chi connectivity index (χ1) is 15.4. The average molecular weight is 484 g/mol. The van der Waals surface area contributed by atoms with Gasteiger partial charge in [0.25, 0.3) is 0 Å². The Kier molecular flexibility index (Phi) is 6.43. The van der Waals surface area contributed by atoms with Crippen LogP contribution in [0, 0.1) is 0 Å². The molecule has 0 fully saturated rings. The standard InChI is InChI=1S/C27H21AsO4/c1-17(29)31-22-12-7-20(8-13-22)26(21-9-14-23(15-10-21)32-18(2)30)25-16-11-19-5-3-4-6-24(19)27(25)28/h3-16,26H,1-2H3. The number of fused-ring (bicyclic) bond motifs is 1. The summed E-state index contributed by atoms with van der Waals surface area (Å²) in [5, 5.41) is 2.36. The van der Waals surface area contributed by atoms with Gasteiger partial charge >= 0.3 is 196 Å². The Morgan fingerprint density at radius 3 is 1.69 bits per heavy atom. The summed E-state index contributed by atoms with van der Waals surface area (Å²) in [6, 6.07) is 27.7. The first-order valence-corrected chi connectivity index (χ1v) is 11.1. The Labute approximate surface area is 195 Å². The second-order valence-corrected chi connectivity index (χ2v) is 8.42. The fourth-order valence-corrected chi connectivity index (χ4v) is 4.70. The van der Waals surface area contributed by atoms with Gasteiger partial charge in [-0.15, -0.1) is 0 Å². The van der Waals surface area contributed by atoms with Crippen LogP contribution in [0.25, 0.3) is 10.8 Å². The van der Waals surface area contributed by atoms with E-state index in [-0.39, 0.29) is 17.9 Å². The number of rotatable bonds is 5.